The molecule has 0 fully saturated rings. The minimum Gasteiger partial charge on any atom is -0.478 e. The van der Waals surface area contributed by atoms with Crippen LogP contribution in [-0.4, -0.2) is 39.0 Å². The van der Waals surface area contributed by atoms with E-state index >= 15 is 0 Å². The number of rotatable bonds is 4. The Labute approximate surface area is 129 Å². The molecule has 22 heavy (non-hydrogen) atoms. The highest BCUT2D eigenvalue weighted by molar-refractivity contribution is 5.85. The van der Waals surface area contributed by atoms with Gasteiger partial charge >= 0.3 is 11.9 Å². The second-order valence-corrected chi connectivity index (χ2v) is 4.28. The fraction of sp³-hybridized carbons (Fsp3) is 0.250. The lowest BCUT2D eigenvalue weighted by Crippen LogP contribution is -2.01. The molecule has 0 heterocycles. The zero-order valence-corrected chi connectivity index (χ0v) is 12.7. The zero-order valence-electron chi connectivity index (χ0n) is 12.7. The maximum atomic E-state index is 9.60. The van der Waals surface area contributed by atoms with Crippen molar-refractivity contribution in [2.24, 2.45) is 0 Å². The van der Waals surface area contributed by atoms with Crippen molar-refractivity contribution in [3.8, 4) is 0 Å². The van der Waals surface area contributed by atoms with Crippen LogP contribution >= 0.6 is 0 Å². The van der Waals surface area contributed by atoms with Gasteiger partial charge in [0.05, 0.1) is 6.61 Å². The first-order valence-electron chi connectivity index (χ1n) is 6.24. The van der Waals surface area contributed by atoms with Crippen molar-refractivity contribution < 1.29 is 30.0 Å². The zero-order chi connectivity index (χ0) is 17.7. The Balaban J connectivity index is 0. The van der Waals surface area contributed by atoms with Crippen LogP contribution in [0.1, 0.15) is 25.5 Å². The van der Waals surface area contributed by atoms with Crippen molar-refractivity contribution in [3.63, 3.8) is 0 Å². The Hall–Kier alpha value is -2.44. The van der Waals surface area contributed by atoms with Gasteiger partial charge in [0.25, 0.3) is 0 Å². The van der Waals surface area contributed by atoms with Gasteiger partial charge < -0.3 is 20.4 Å². The topological polar surface area (TPSA) is 115 Å². The van der Waals surface area contributed by atoms with Crippen molar-refractivity contribution in [3.05, 3.63) is 60.2 Å². The van der Waals surface area contributed by atoms with Gasteiger partial charge in [-0.2, -0.15) is 0 Å². The number of carboxylic acid groups (broad SMARTS) is 2. The van der Waals surface area contributed by atoms with Crippen LogP contribution in [0.3, 0.4) is 0 Å². The van der Waals surface area contributed by atoms with Crippen LogP contribution < -0.4 is 0 Å². The molecule has 0 saturated carbocycles. The van der Waals surface area contributed by atoms with E-state index in [9.17, 15) is 9.59 Å². The number of aliphatic carboxylic acids is 2. The number of carbonyl (C=O) groups is 2. The van der Waals surface area contributed by atoms with E-state index in [0.29, 0.717) is 0 Å². The molecule has 0 spiro atoms. The highest BCUT2D eigenvalue weighted by atomic mass is 16.4. The minimum absolute atomic E-state index is 0.176. The molecule has 6 nitrogen and oxygen atoms in total. The van der Waals surface area contributed by atoms with Crippen LogP contribution in [0.5, 0.6) is 0 Å². The Morgan fingerprint density at radius 1 is 1.00 bits per heavy atom. The number of aliphatic hydroxyl groups excluding tert-OH is 2. The van der Waals surface area contributed by atoms with Gasteiger partial charge in [0.2, 0.25) is 0 Å². The summed E-state index contributed by atoms with van der Waals surface area (Å²) in [5.41, 5.74) is 1.11. The fourth-order valence-electron chi connectivity index (χ4n) is 0.781. The maximum absolute atomic E-state index is 9.60. The van der Waals surface area contributed by atoms with Gasteiger partial charge in [-0.25, -0.2) is 9.59 Å². The standard InChI is InChI=1S/C8H10O2.2C4H6O2/c9-6-8(10)7-4-2-1-3-5-7;2*1-3(2)4(5)6/h1-5,8-10H,6H2;2*1H2,2H3,(H,5,6). The highest BCUT2D eigenvalue weighted by Crippen LogP contribution is 2.09. The Bertz CT molecular complexity index is 445. The lowest BCUT2D eigenvalue weighted by molar-refractivity contribution is -0.133. The third-order valence-electron chi connectivity index (χ3n) is 2.09. The number of aliphatic hydroxyl groups is 2. The Morgan fingerprint density at radius 2 is 1.32 bits per heavy atom. The van der Waals surface area contributed by atoms with Gasteiger partial charge in [-0.15, -0.1) is 0 Å². The Morgan fingerprint density at radius 3 is 1.55 bits per heavy atom. The molecule has 6 heteroatoms. The number of hydrogen-bond donors (Lipinski definition) is 4. The van der Waals surface area contributed by atoms with Crippen molar-refractivity contribution in [1.29, 1.82) is 0 Å². The summed E-state index contributed by atoms with van der Waals surface area (Å²) in [6, 6.07) is 9.08. The minimum atomic E-state index is -0.935. The van der Waals surface area contributed by atoms with E-state index in [4.69, 9.17) is 20.4 Å². The normalized spacial score (nSPS) is 10.0. The molecule has 1 atom stereocenters. The third kappa shape index (κ3) is 12.6. The van der Waals surface area contributed by atoms with E-state index in [1.807, 2.05) is 18.2 Å². The molecular weight excluding hydrogens is 288 g/mol. The second kappa shape index (κ2) is 12.3. The van der Waals surface area contributed by atoms with Gasteiger partial charge in [-0.05, 0) is 19.4 Å². The first kappa shape index (κ1) is 21.9. The van der Waals surface area contributed by atoms with Crippen LogP contribution in [0, 0.1) is 0 Å². The van der Waals surface area contributed by atoms with Gasteiger partial charge in [0, 0.05) is 11.1 Å². The van der Waals surface area contributed by atoms with Crippen molar-refractivity contribution in [2.45, 2.75) is 20.0 Å². The molecular formula is C16H22O6. The molecule has 0 saturated heterocycles. The molecule has 1 aromatic carbocycles. The fourth-order valence-corrected chi connectivity index (χ4v) is 0.781. The molecule has 4 N–H and O–H groups in total. The average Bonchev–Trinajstić information content (AvgIpc) is 2.48. The van der Waals surface area contributed by atoms with Gasteiger partial charge in [0.15, 0.2) is 0 Å². The summed E-state index contributed by atoms with van der Waals surface area (Å²) in [7, 11) is 0. The molecule has 1 unspecified atom stereocenters. The molecule has 0 aliphatic rings. The molecule has 0 aliphatic heterocycles. The molecule has 0 aromatic heterocycles. The lowest BCUT2D eigenvalue weighted by Gasteiger charge is -2.05. The third-order valence-corrected chi connectivity index (χ3v) is 2.09. The molecule has 1 aromatic rings. The summed E-state index contributed by atoms with van der Waals surface area (Å²) in [5, 5.41) is 33.4. The molecule has 0 radical (unpaired) electrons. The molecule has 0 bridgehead atoms. The van der Waals surface area contributed by atoms with Crippen molar-refractivity contribution in [1.82, 2.24) is 0 Å². The second-order valence-electron chi connectivity index (χ2n) is 4.28. The van der Waals surface area contributed by atoms with E-state index in [1.54, 1.807) is 12.1 Å². The maximum Gasteiger partial charge on any atom is 0.330 e. The van der Waals surface area contributed by atoms with Gasteiger partial charge in [-0.1, -0.05) is 43.5 Å². The van der Waals surface area contributed by atoms with Crippen LogP contribution in [0.25, 0.3) is 0 Å². The monoisotopic (exact) mass is 310 g/mol. The summed E-state index contributed by atoms with van der Waals surface area (Å²) in [6.45, 7) is 8.99. The lowest BCUT2D eigenvalue weighted by atomic mass is 10.1. The molecule has 1 rings (SSSR count). The average molecular weight is 310 g/mol. The van der Waals surface area contributed by atoms with Crippen molar-refractivity contribution >= 4 is 11.9 Å². The smallest absolute Gasteiger partial charge is 0.330 e. The van der Waals surface area contributed by atoms with E-state index in [2.05, 4.69) is 13.2 Å². The summed E-state index contributed by atoms with van der Waals surface area (Å²) < 4.78 is 0. The Kier molecular flexibility index (Phi) is 12.2. The number of hydrogen-bond acceptors (Lipinski definition) is 4. The van der Waals surface area contributed by atoms with Crippen molar-refractivity contribution in [2.75, 3.05) is 6.61 Å². The van der Waals surface area contributed by atoms with E-state index in [-0.39, 0.29) is 17.8 Å². The van der Waals surface area contributed by atoms with E-state index in [0.717, 1.165) is 5.56 Å². The summed E-state index contributed by atoms with van der Waals surface area (Å²) >= 11 is 0. The van der Waals surface area contributed by atoms with Gasteiger partial charge in [-0.3, -0.25) is 0 Å². The largest absolute Gasteiger partial charge is 0.478 e. The van der Waals surface area contributed by atoms with Crippen LogP contribution in [0.4, 0.5) is 0 Å². The van der Waals surface area contributed by atoms with Crippen LogP contribution in [0.15, 0.2) is 54.6 Å². The first-order chi connectivity index (χ1) is 10.1. The van der Waals surface area contributed by atoms with Crippen LogP contribution in [0.2, 0.25) is 0 Å². The number of benzene rings is 1. The summed E-state index contributed by atoms with van der Waals surface area (Å²) in [6.07, 6.45) is -0.735. The van der Waals surface area contributed by atoms with E-state index in [1.165, 1.54) is 13.8 Å². The summed E-state index contributed by atoms with van der Waals surface area (Å²) in [5.74, 6) is -1.87. The first-order valence-corrected chi connectivity index (χ1v) is 6.24. The highest BCUT2D eigenvalue weighted by Gasteiger charge is 2.02. The SMILES string of the molecule is C=C(C)C(=O)O.C=C(C)C(=O)O.OCC(O)c1ccccc1. The molecule has 0 amide bonds. The predicted molar refractivity (Wildman–Crippen MR) is 83.4 cm³/mol. The van der Waals surface area contributed by atoms with E-state index < -0.39 is 18.0 Å². The quantitative estimate of drug-likeness (QED) is 0.632. The number of carboxylic acids is 2. The predicted octanol–water partition coefficient (Wildman–Crippen LogP) is 2.01. The summed E-state index contributed by atoms with van der Waals surface area (Å²) in [4.78, 5) is 19.2. The molecule has 0 aliphatic carbocycles. The van der Waals surface area contributed by atoms with Gasteiger partial charge in [0.1, 0.15) is 6.10 Å². The molecule has 122 valence electrons. The van der Waals surface area contributed by atoms with Crippen LogP contribution in [-0.2, 0) is 9.59 Å².